The van der Waals surface area contributed by atoms with E-state index in [9.17, 15) is 5.11 Å². The smallest absolute Gasteiger partial charge is 0.235 e. The molecule has 4 nitrogen and oxygen atoms in total. The first-order valence-electron chi connectivity index (χ1n) is 12.5. The monoisotopic (exact) mass is 437 g/mol. The SMILES string of the molecule is C#C[C@]1(O)CC[C@H]2C3CCC4=Cc5nc6nc7ccccc7n6cc5C[C@]4(C)C3CC[C@@]21C. The predicted molar refractivity (Wildman–Crippen MR) is 130 cm³/mol. The summed E-state index contributed by atoms with van der Waals surface area (Å²) in [5.41, 5.74) is 5.20. The zero-order chi connectivity index (χ0) is 22.6. The van der Waals surface area contributed by atoms with E-state index in [0.29, 0.717) is 17.8 Å². The van der Waals surface area contributed by atoms with Gasteiger partial charge in [0.05, 0.1) is 16.7 Å². The van der Waals surface area contributed by atoms with E-state index < -0.39 is 5.60 Å². The summed E-state index contributed by atoms with van der Waals surface area (Å²) in [5, 5.41) is 11.3. The third-order valence-corrected chi connectivity index (χ3v) is 10.4. The average molecular weight is 438 g/mol. The minimum absolute atomic E-state index is 0.142. The van der Waals surface area contributed by atoms with Crippen LogP contribution >= 0.6 is 0 Å². The summed E-state index contributed by atoms with van der Waals surface area (Å²) in [6, 6.07) is 8.29. The van der Waals surface area contributed by atoms with Crippen LogP contribution in [0.4, 0.5) is 0 Å². The maximum absolute atomic E-state index is 11.3. The van der Waals surface area contributed by atoms with Crippen molar-refractivity contribution >= 4 is 22.9 Å². The summed E-state index contributed by atoms with van der Waals surface area (Å²) in [6.07, 6.45) is 17.9. The first kappa shape index (κ1) is 19.8. The minimum atomic E-state index is -0.934. The Labute approximate surface area is 195 Å². The van der Waals surface area contributed by atoms with Gasteiger partial charge in [0.1, 0.15) is 5.60 Å². The number of hydrogen-bond acceptors (Lipinski definition) is 3. The molecule has 2 heterocycles. The zero-order valence-electron chi connectivity index (χ0n) is 19.5. The van der Waals surface area contributed by atoms with E-state index >= 15 is 0 Å². The molecule has 7 rings (SSSR count). The van der Waals surface area contributed by atoms with Crippen molar-refractivity contribution in [2.75, 3.05) is 0 Å². The topological polar surface area (TPSA) is 50.4 Å². The third-order valence-electron chi connectivity index (χ3n) is 10.4. The van der Waals surface area contributed by atoms with E-state index in [1.807, 2.05) is 6.07 Å². The van der Waals surface area contributed by atoms with Crippen LogP contribution in [0.1, 0.15) is 63.6 Å². The van der Waals surface area contributed by atoms with Gasteiger partial charge in [0.2, 0.25) is 5.78 Å². The molecule has 0 bridgehead atoms. The molecular weight excluding hydrogens is 406 g/mol. The Kier molecular flexibility index (Phi) is 3.76. The number of aliphatic hydroxyl groups is 1. The standard InChI is InChI=1S/C29H31N3O/c1-4-29(33)14-12-22-20-10-9-19-15-24-18(16-27(19,2)21(20)11-13-28(22,29)3)17-32-25-8-6-5-7-23(25)30-26(32)31-24/h1,5-8,15,17,20-22,33H,9-14,16H2,2-3H3/t20?,21?,22-,27-,28-,29-/m0/s1. The number of rotatable bonds is 0. The average Bonchev–Trinajstić information content (AvgIpc) is 3.30. The quantitative estimate of drug-likeness (QED) is 0.477. The molecule has 4 heteroatoms. The van der Waals surface area contributed by atoms with Crippen LogP contribution in [0.15, 0.2) is 36.0 Å². The van der Waals surface area contributed by atoms with E-state index in [1.165, 1.54) is 12.0 Å². The lowest BCUT2D eigenvalue weighted by atomic mass is 9.46. The van der Waals surface area contributed by atoms with Crippen molar-refractivity contribution in [3.8, 4) is 12.3 Å². The number of hydrogen-bond donors (Lipinski definition) is 1. The Morgan fingerprint density at radius 1 is 1.09 bits per heavy atom. The van der Waals surface area contributed by atoms with Crippen molar-refractivity contribution in [2.24, 2.45) is 28.6 Å². The van der Waals surface area contributed by atoms with E-state index in [0.717, 1.165) is 61.0 Å². The normalized spacial score (nSPS) is 39.3. The van der Waals surface area contributed by atoms with Crippen LogP contribution in [0, 0.1) is 40.9 Å². The van der Waals surface area contributed by atoms with E-state index in [4.69, 9.17) is 16.4 Å². The number of para-hydroxylation sites is 2. The molecule has 2 unspecified atom stereocenters. The van der Waals surface area contributed by atoms with Crippen LogP contribution in [-0.2, 0) is 6.42 Å². The highest BCUT2D eigenvalue weighted by Gasteiger charge is 2.63. The molecule has 0 saturated heterocycles. The number of benzene rings is 1. The maximum Gasteiger partial charge on any atom is 0.235 e. The fraction of sp³-hybridized carbons (Fsp3) is 0.517. The summed E-state index contributed by atoms with van der Waals surface area (Å²) in [7, 11) is 0. The summed E-state index contributed by atoms with van der Waals surface area (Å²) in [5.74, 6) is 5.40. The lowest BCUT2D eigenvalue weighted by Crippen LogP contribution is -2.54. The molecule has 0 amide bonds. The lowest BCUT2D eigenvalue weighted by molar-refractivity contribution is -0.0975. The second-order valence-electron chi connectivity index (χ2n) is 11.6. The number of aromatic nitrogens is 3. The minimum Gasteiger partial charge on any atom is -0.377 e. The van der Waals surface area contributed by atoms with Gasteiger partial charge < -0.3 is 5.11 Å². The molecule has 4 aliphatic carbocycles. The first-order chi connectivity index (χ1) is 15.9. The van der Waals surface area contributed by atoms with E-state index in [2.05, 4.69) is 54.6 Å². The van der Waals surface area contributed by atoms with Crippen LogP contribution in [0.2, 0.25) is 0 Å². The van der Waals surface area contributed by atoms with Crippen LogP contribution in [-0.4, -0.2) is 25.1 Å². The van der Waals surface area contributed by atoms with Gasteiger partial charge in [0.25, 0.3) is 0 Å². The van der Waals surface area contributed by atoms with Gasteiger partial charge in [0, 0.05) is 11.6 Å². The summed E-state index contributed by atoms with van der Waals surface area (Å²) in [4.78, 5) is 9.75. The lowest BCUT2D eigenvalue weighted by Gasteiger charge is -2.58. The van der Waals surface area contributed by atoms with Gasteiger partial charge in [0.15, 0.2) is 0 Å². The van der Waals surface area contributed by atoms with Crippen molar-refractivity contribution in [1.82, 2.24) is 14.4 Å². The third kappa shape index (κ3) is 2.37. The van der Waals surface area contributed by atoms with E-state index in [-0.39, 0.29) is 10.8 Å². The van der Waals surface area contributed by atoms with Crippen molar-refractivity contribution in [3.05, 3.63) is 47.3 Å². The predicted octanol–water partition coefficient (Wildman–Crippen LogP) is 5.43. The molecule has 0 spiro atoms. The Bertz CT molecular complexity index is 1400. The summed E-state index contributed by atoms with van der Waals surface area (Å²) in [6.45, 7) is 4.77. The Morgan fingerprint density at radius 3 is 2.76 bits per heavy atom. The molecule has 168 valence electrons. The second kappa shape index (κ2) is 6.27. The molecule has 2 aromatic heterocycles. The molecule has 3 aromatic rings. The summed E-state index contributed by atoms with van der Waals surface area (Å²) < 4.78 is 2.17. The van der Waals surface area contributed by atoms with Gasteiger partial charge in [-0.2, -0.15) is 0 Å². The Balaban J connectivity index is 1.31. The number of nitrogens with zero attached hydrogens (tertiary/aromatic N) is 3. The van der Waals surface area contributed by atoms with Gasteiger partial charge in [-0.3, -0.25) is 4.40 Å². The fourth-order valence-corrected chi connectivity index (χ4v) is 8.52. The van der Waals surface area contributed by atoms with Crippen LogP contribution in [0.3, 0.4) is 0 Å². The Morgan fingerprint density at radius 2 is 1.91 bits per heavy atom. The van der Waals surface area contributed by atoms with Crippen LogP contribution < -0.4 is 0 Å². The van der Waals surface area contributed by atoms with Crippen molar-refractivity contribution in [2.45, 2.75) is 64.4 Å². The molecule has 6 atom stereocenters. The Hall–Kier alpha value is -2.64. The van der Waals surface area contributed by atoms with Crippen LogP contribution in [0.5, 0.6) is 0 Å². The summed E-state index contributed by atoms with van der Waals surface area (Å²) >= 11 is 0. The molecule has 0 radical (unpaired) electrons. The van der Waals surface area contributed by atoms with Gasteiger partial charge in [-0.1, -0.05) is 37.5 Å². The number of allylic oxidation sites excluding steroid dienone is 1. The van der Waals surface area contributed by atoms with E-state index in [1.54, 1.807) is 5.57 Å². The highest BCUT2D eigenvalue weighted by atomic mass is 16.3. The molecular formula is C29H31N3O. The van der Waals surface area contributed by atoms with Gasteiger partial charge in [-0.05, 0) is 91.9 Å². The first-order valence-corrected chi connectivity index (χ1v) is 12.5. The van der Waals surface area contributed by atoms with Gasteiger partial charge >= 0.3 is 0 Å². The second-order valence-corrected chi connectivity index (χ2v) is 11.6. The van der Waals surface area contributed by atoms with Crippen molar-refractivity contribution in [3.63, 3.8) is 0 Å². The molecule has 1 aromatic carbocycles. The highest BCUT2D eigenvalue weighted by molar-refractivity contribution is 5.80. The molecule has 0 aliphatic heterocycles. The molecule has 33 heavy (non-hydrogen) atoms. The largest absolute Gasteiger partial charge is 0.377 e. The molecule has 3 saturated carbocycles. The fourth-order valence-electron chi connectivity index (χ4n) is 8.52. The van der Waals surface area contributed by atoms with Crippen molar-refractivity contribution in [1.29, 1.82) is 0 Å². The van der Waals surface area contributed by atoms with Crippen LogP contribution in [0.25, 0.3) is 22.9 Å². The maximum atomic E-state index is 11.3. The van der Waals surface area contributed by atoms with Crippen molar-refractivity contribution < 1.29 is 5.11 Å². The van der Waals surface area contributed by atoms with Gasteiger partial charge in [-0.25, -0.2) is 9.97 Å². The number of terminal acetylenes is 1. The zero-order valence-corrected chi connectivity index (χ0v) is 19.5. The highest BCUT2D eigenvalue weighted by Crippen LogP contribution is 2.67. The number of imidazole rings is 1. The van der Waals surface area contributed by atoms with Gasteiger partial charge in [-0.15, -0.1) is 6.42 Å². The molecule has 4 aliphatic rings. The number of fused-ring (bicyclic) bond motifs is 9. The molecule has 3 fully saturated rings. The molecule has 1 N–H and O–H groups in total.